The monoisotopic (exact) mass is 504 g/mol. The van der Waals surface area contributed by atoms with Crippen molar-refractivity contribution in [2.45, 2.75) is 24.0 Å². The van der Waals surface area contributed by atoms with Gasteiger partial charge < -0.3 is 33.5 Å². The number of hydrogen-bond acceptors (Lipinski definition) is 8. The summed E-state index contributed by atoms with van der Waals surface area (Å²) in [6.07, 6.45) is 0. The highest BCUT2D eigenvalue weighted by molar-refractivity contribution is 5.78. The molecule has 1 N–H and O–H groups in total. The molecule has 3 aromatic rings. The van der Waals surface area contributed by atoms with Crippen LogP contribution in [0.2, 0.25) is 0 Å². The fourth-order valence-corrected chi connectivity index (χ4v) is 6.57. The predicted molar refractivity (Wildman–Crippen MR) is 132 cm³/mol. The molecule has 1 saturated carbocycles. The van der Waals surface area contributed by atoms with Crippen LogP contribution in [0.4, 0.5) is 0 Å². The molecule has 6 rings (SSSR count). The van der Waals surface area contributed by atoms with Gasteiger partial charge in [0.1, 0.15) is 22.8 Å². The second-order valence-corrected chi connectivity index (χ2v) is 9.60. The highest BCUT2D eigenvalue weighted by Crippen LogP contribution is 2.72. The fraction of sp³-hybridized carbons (Fsp3) is 0.345. The summed E-state index contributed by atoms with van der Waals surface area (Å²) in [6.45, 7) is 1.96. The average molecular weight is 505 g/mol. The molecule has 8 heteroatoms. The van der Waals surface area contributed by atoms with Crippen LogP contribution >= 0.6 is 0 Å². The van der Waals surface area contributed by atoms with Crippen LogP contribution in [0.1, 0.15) is 29.5 Å². The summed E-state index contributed by atoms with van der Waals surface area (Å²) >= 11 is 0. The second kappa shape index (κ2) is 8.31. The van der Waals surface area contributed by atoms with Crippen molar-refractivity contribution in [3.63, 3.8) is 0 Å². The van der Waals surface area contributed by atoms with E-state index in [1.54, 1.807) is 25.3 Å². The Morgan fingerprint density at radius 3 is 2.41 bits per heavy atom. The molecule has 8 nitrogen and oxygen atoms in total. The first-order valence-corrected chi connectivity index (χ1v) is 12.1. The van der Waals surface area contributed by atoms with Gasteiger partial charge in [-0.3, -0.25) is 4.79 Å². The number of ether oxygens (including phenoxy) is 6. The third-order valence-corrected chi connectivity index (χ3v) is 8.14. The van der Waals surface area contributed by atoms with Crippen LogP contribution in [0.25, 0.3) is 0 Å². The van der Waals surface area contributed by atoms with Crippen LogP contribution in [0.15, 0.2) is 60.7 Å². The predicted octanol–water partition coefficient (Wildman–Crippen LogP) is 4.13. The Kier molecular flexibility index (Phi) is 5.28. The van der Waals surface area contributed by atoms with Gasteiger partial charge in [0.05, 0.1) is 32.8 Å². The molecule has 0 spiro atoms. The lowest BCUT2D eigenvalue weighted by atomic mass is 9.70. The van der Waals surface area contributed by atoms with Crippen LogP contribution in [-0.4, -0.2) is 39.2 Å². The van der Waals surface area contributed by atoms with Crippen LogP contribution < -0.4 is 23.7 Å². The van der Waals surface area contributed by atoms with Crippen molar-refractivity contribution in [2.75, 3.05) is 28.1 Å². The van der Waals surface area contributed by atoms with Gasteiger partial charge in [-0.05, 0) is 17.7 Å². The van der Waals surface area contributed by atoms with E-state index >= 15 is 0 Å². The average Bonchev–Trinajstić information content (AvgIpc) is 3.56. The smallest absolute Gasteiger partial charge is 0.309 e. The molecule has 2 aliphatic heterocycles. The maximum atomic E-state index is 13.4. The van der Waals surface area contributed by atoms with E-state index in [0.717, 1.165) is 5.56 Å². The van der Waals surface area contributed by atoms with Crippen LogP contribution in [0.5, 0.6) is 28.7 Å². The molecule has 2 heterocycles. The molecular weight excluding hydrogens is 476 g/mol. The fourth-order valence-electron chi connectivity index (χ4n) is 6.57. The number of esters is 1. The largest absolute Gasteiger partial charge is 0.496 e. The van der Waals surface area contributed by atoms with Gasteiger partial charge in [-0.15, -0.1) is 0 Å². The summed E-state index contributed by atoms with van der Waals surface area (Å²) < 4.78 is 34.7. The molecule has 0 radical (unpaired) electrons. The molecule has 37 heavy (non-hydrogen) atoms. The van der Waals surface area contributed by atoms with Crippen molar-refractivity contribution in [2.24, 2.45) is 11.8 Å². The van der Waals surface area contributed by atoms with E-state index < -0.39 is 34.9 Å². The Morgan fingerprint density at radius 2 is 1.70 bits per heavy atom. The SMILES string of the molecule is COC(=O)C1C(C)C2(O)c3c(OC)cc(OC)cc3OC2(c2ccc3c(c2)OCO3)C1c1ccccc1. The van der Waals surface area contributed by atoms with Gasteiger partial charge in [-0.1, -0.05) is 43.3 Å². The lowest BCUT2D eigenvalue weighted by Gasteiger charge is -2.41. The zero-order valence-electron chi connectivity index (χ0n) is 21.0. The van der Waals surface area contributed by atoms with Gasteiger partial charge in [0.15, 0.2) is 17.1 Å². The molecule has 0 aromatic heterocycles. The molecular formula is C29H28O8. The number of carbonyl (C=O) groups excluding carboxylic acids is 1. The van der Waals surface area contributed by atoms with Crippen molar-refractivity contribution in [1.82, 2.24) is 0 Å². The molecule has 192 valence electrons. The highest BCUT2D eigenvalue weighted by atomic mass is 16.7. The Labute approximate surface area is 214 Å². The van der Waals surface area contributed by atoms with Crippen LogP contribution in [-0.2, 0) is 20.7 Å². The van der Waals surface area contributed by atoms with Gasteiger partial charge >= 0.3 is 5.97 Å². The number of methoxy groups -OCH3 is 3. The van der Waals surface area contributed by atoms with Gasteiger partial charge in [0.25, 0.3) is 0 Å². The number of carbonyl (C=O) groups is 1. The maximum Gasteiger partial charge on any atom is 0.309 e. The third kappa shape index (κ3) is 2.96. The van der Waals surface area contributed by atoms with Gasteiger partial charge in [0, 0.05) is 29.5 Å². The van der Waals surface area contributed by atoms with E-state index in [9.17, 15) is 9.90 Å². The Balaban J connectivity index is 1.71. The van der Waals surface area contributed by atoms with E-state index in [0.29, 0.717) is 39.9 Å². The minimum Gasteiger partial charge on any atom is -0.496 e. The normalized spacial score (nSPS) is 28.7. The first-order chi connectivity index (χ1) is 17.9. The Morgan fingerprint density at radius 1 is 0.946 bits per heavy atom. The number of rotatable bonds is 5. The van der Waals surface area contributed by atoms with Crippen molar-refractivity contribution >= 4 is 5.97 Å². The van der Waals surface area contributed by atoms with Crippen molar-refractivity contribution < 1.29 is 38.3 Å². The zero-order valence-corrected chi connectivity index (χ0v) is 21.0. The van der Waals surface area contributed by atoms with Gasteiger partial charge in [-0.25, -0.2) is 0 Å². The summed E-state index contributed by atoms with van der Waals surface area (Å²) in [5.74, 6) is 0.0857. The van der Waals surface area contributed by atoms with Crippen LogP contribution in [0, 0.1) is 11.8 Å². The minimum absolute atomic E-state index is 0.103. The van der Waals surface area contributed by atoms with E-state index in [-0.39, 0.29) is 6.79 Å². The lowest BCUT2D eigenvalue weighted by Crippen LogP contribution is -2.50. The molecule has 1 aliphatic carbocycles. The quantitative estimate of drug-likeness (QED) is 0.519. The zero-order chi connectivity index (χ0) is 25.9. The van der Waals surface area contributed by atoms with Crippen molar-refractivity contribution in [3.05, 3.63) is 77.4 Å². The molecule has 0 amide bonds. The highest BCUT2D eigenvalue weighted by Gasteiger charge is 2.77. The Bertz CT molecular complexity index is 1370. The maximum absolute atomic E-state index is 13.4. The summed E-state index contributed by atoms with van der Waals surface area (Å²) in [7, 11) is 4.45. The summed E-state index contributed by atoms with van der Waals surface area (Å²) in [5, 5.41) is 13.0. The summed E-state index contributed by atoms with van der Waals surface area (Å²) in [5.41, 5.74) is -1.18. The number of benzene rings is 3. The van der Waals surface area contributed by atoms with Crippen molar-refractivity contribution in [3.8, 4) is 28.7 Å². The number of hydrogen-bond donors (Lipinski definition) is 1. The van der Waals surface area contributed by atoms with E-state index in [4.69, 9.17) is 28.4 Å². The molecule has 0 bridgehead atoms. The molecule has 0 saturated heterocycles. The standard InChI is InChI=1S/C29H28O8/c1-16-24(27(30)34-4)25(17-8-6-5-7-9-17)29(18-10-11-20-21(12-18)36-15-35-20)28(16,31)26-22(33-3)13-19(32-2)14-23(26)37-29/h5-14,16,24-25,31H,15H2,1-4H3. The summed E-state index contributed by atoms with van der Waals surface area (Å²) in [4.78, 5) is 13.4. The van der Waals surface area contributed by atoms with Crippen molar-refractivity contribution in [1.29, 1.82) is 0 Å². The number of fused-ring (bicyclic) bond motifs is 4. The van der Waals surface area contributed by atoms with Gasteiger partial charge in [-0.2, -0.15) is 0 Å². The molecule has 5 atom stereocenters. The molecule has 3 aromatic carbocycles. The first kappa shape index (κ1) is 23.5. The molecule has 5 unspecified atom stereocenters. The molecule has 3 aliphatic rings. The topological polar surface area (TPSA) is 92.7 Å². The second-order valence-electron chi connectivity index (χ2n) is 9.60. The lowest BCUT2D eigenvalue weighted by molar-refractivity contribution is -0.149. The van der Waals surface area contributed by atoms with Crippen LogP contribution in [0.3, 0.4) is 0 Å². The summed E-state index contributed by atoms with van der Waals surface area (Å²) in [6, 6.07) is 18.5. The molecule has 1 fully saturated rings. The Hall–Kier alpha value is -3.91. The third-order valence-electron chi connectivity index (χ3n) is 8.14. The minimum atomic E-state index is -1.69. The first-order valence-electron chi connectivity index (χ1n) is 12.1. The van der Waals surface area contributed by atoms with E-state index in [1.165, 1.54) is 14.2 Å². The number of aliphatic hydroxyl groups is 1. The van der Waals surface area contributed by atoms with E-state index in [2.05, 4.69) is 0 Å². The van der Waals surface area contributed by atoms with Gasteiger partial charge in [0.2, 0.25) is 6.79 Å². The van der Waals surface area contributed by atoms with E-state index in [1.807, 2.05) is 49.4 Å².